The number of hydrogen-bond acceptors (Lipinski definition) is 3. The number of anilines is 1. The van der Waals surface area contributed by atoms with E-state index in [0.717, 1.165) is 30.8 Å². The second-order valence-electron chi connectivity index (χ2n) is 5.73. The van der Waals surface area contributed by atoms with Crippen LogP contribution in [0, 0.1) is 0 Å². The molecule has 0 atom stereocenters. The summed E-state index contributed by atoms with van der Waals surface area (Å²) in [4.78, 5) is 16.4. The molecule has 0 aliphatic heterocycles. The quantitative estimate of drug-likeness (QED) is 0.832. The average Bonchev–Trinajstić information content (AvgIpc) is 2.37. The van der Waals surface area contributed by atoms with Crippen molar-refractivity contribution >= 4 is 11.6 Å². The van der Waals surface area contributed by atoms with Crippen molar-refractivity contribution in [1.29, 1.82) is 0 Å². The fraction of sp³-hybridized carbons (Fsp3) is 0.562. The van der Waals surface area contributed by atoms with E-state index >= 15 is 0 Å². The van der Waals surface area contributed by atoms with Crippen molar-refractivity contribution < 1.29 is 4.79 Å². The van der Waals surface area contributed by atoms with Crippen LogP contribution in [0.1, 0.15) is 30.6 Å². The summed E-state index contributed by atoms with van der Waals surface area (Å²) in [5.74, 6) is 0.0764. The van der Waals surface area contributed by atoms with Crippen LogP contribution in [0.3, 0.4) is 0 Å². The average molecular weight is 277 g/mol. The molecule has 0 bridgehead atoms. The molecular weight excluding hydrogens is 250 g/mol. The number of nitrogens with zero attached hydrogens (tertiary/aromatic N) is 2. The molecule has 0 aliphatic carbocycles. The van der Waals surface area contributed by atoms with Crippen LogP contribution in [0.25, 0.3) is 0 Å². The van der Waals surface area contributed by atoms with Crippen molar-refractivity contribution in [2.75, 3.05) is 39.5 Å². The summed E-state index contributed by atoms with van der Waals surface area (Å²) < 4.78 is 0. The van der Waals surface area contributed by atoms with Gasteiger partial charge in [0.1, 0.15) is 0 Å². The largest absolute Gasteiger partial charge is 0.382 e. The number of carbonyl (C=O) groups excluding carboxylic acids is 1. The van der Waals surface area contributed by atoms with E-state index in [0.29, 0.717) is 6.04 Å². The molecule has 4 nitrogen and oxygen atoms in total. The molecule has 1 amide bonds. The molecule has 0 aliphatic rings. The van der Waals surface area contributed by atoms with E-state index in [9.17, 15) is 4.79 Å². The molecule has 0 radical (unpaired) electrons. The number of hydrogen-bond donors (Lipinski definition) is 1. The highest BCUT2D eigenvalue weighted by Crippen LogP contribution is 2.17. The third-order valence-corrected chi connectivity index (χ3v) is 3.05. The van der Waals surface area contributed by atoms with Crippen LogP contribution in [0.5, 0.6) is 0 Å². The maximum atomic E-state index is 12.5. The van der Waals surface area contributed by atoms with E-state index in [1.165, 1.54) is 0 Å². The van der Waals surface area contributed by atoms with Gasteiger partial charge in [0.25, 0.3) is 5.91 Å². The molecule has 0 aromatic heterocycles. The van der Waals surface area contributed by atoms with Gasteiger partial charge in [0.2, 0.25) is 0 Å². The van der Waals surface area contributed by atoms with Crippen molar-refractivity contribution in [1.82, 2.24) is 9.80 Å². The van der Waals surface area contributed by atoms with Crippen molar-refractivity contribution in [2.24, 2.45) is 0 Å². The normalized spacial score (nSPS) is 10.9. The summed E-state index contributed by atoms with van der Waals surface area (Å²) >= 11 is 0. The van der Waals surface area contributed by atoms with E-state index in [1.54, 1.807) is 4.90 Å². The third kappa shape index (κ3) is 5.21. The Morgan fingerprint density at radius 3 is 2.40 bits per heavy atom. The molecule has 0 saturated carbocycles. The van der Waals surface area contributed by atoms with Crippen molar-refractivity contribution in [2.45, 2.75) is 26.3 Å². The molecule has 1 aromatic rings. The summed E-state index contributed by atoms with van der Waals surface area (Å²) in [6.45, 7) is 5.90. The number of rotatable bonds is 7. The molecule has 1 aromatic carbocycles. The highest BCUT2D eigenvalue weighted by atomic mass is 16.2. The molecule has 0 spiro atoms. The van der Waals surface area contributed by atoms with Gasteiger partial charge in [-0.1, -0.05) is 12.1 Å². The van der Waals surface area contributed by atoms with Crippen molar-refractivity contribution in [3.63, 3.8) is 0 Å². The number of benzene rings is 1. The lowest BCUT2D eigenvalue weighted by molar-refractivity contribution is 0.0791. The van der Waals surface area contributed by atoms with E-state index in [-0.39, 0.29) is 5.91 Å². The highest BCUT2D eigenvalue weighted by Gasteiger charge is 2.15. The minimum Gasteiger partial charge on any atom is -0.382 e. The Labute approximate surface area is 122 Å². The summed E-state index contributed by atoms with van der Waals surface area (Å²) in [6.07, 6.45) is 0.981. The predicted octanol–water partition coefficient (Wildman–Crippen LogP) is 2.53. The molecule has 1 rings (SSSR count). The van der Waals surface area contributed by atoms with Crippen molar-refractivity contribution in [3.8, 4) is 0 Å². The van der Waals surface area contributed by atoms with Gasteiger partial charge >= 0.3 is 0 Å². The standard InChI is InChI=1S/C16H27N3O/c1-13(2)17-15-10-7-6-9-14(15)16(20)19(5)12-8-11-18(3)4/h6-7,9-10,13,17H,8,11-12H2,1-5H3. The maximum Gasteiger partial charge on any atom is 0.255 e. The topological polar surface area (TPSA) is 35.6 Å². The molecule has 1 N–H and O–H groups in total. The van der Waals surface area contributed by atoms with Crippen LogP contribution in [-0.4, -0.2) is 56.0 Å². The smallest absolute Gasteiger partial charge is 0.255 e. The van der Waals surface area contributed by atoms with Crippen LogP contribution in [0.15, 0.2) is 24.3 Å². The van der Waals surface area contributed by atoms with Crippen molar-refractivity contribution in [3.05, 3.63) is 29.8 Å². The number of para-hydroxylation sites is 1. The lowest BCUT2D eigenvalue weighted by Gasteiger charge is -2.21. The zero-order valence-electron chi connectivity index (χ0n) is 13.3. The molecule has 0 saturated heterocycles. The maximum absolute atomic E-state index is 12.5. The van der Waals surface area contributed by atoms with Crippen LogP contribution in [-0.2, 0) is 0 Å². The predicted molar refractivity (Wildman–Crippen MR) is 85.3 cm³/mol. The molecular formula is C16H27N3O. The van der Waals surface area contributed by atoms with Crippen LogP contribution >= 0.6 is 0 Å². The van der Waals surface area contributed by atoms with Gasteiger partial charge < -0.3 is 15.1 Å². The zero-order chi connectivity index (χ0) is 15.1. The monoisotopic (exact) mass is 277 g/mol. The molecule has 0 unspecified atom stereocenters. The van der Waals surface area contributed by atoms with Gasteiger partial charge in [-0.2, -0.15) is 0 Å². The van der Waals surface area contributed by atoms with Crippen LogP contribution in [0.2, 0.25) is 0 Å². The van der Waals surface area contributed by atoms with Gasteiger partial charge in [-0.05, 0) is 53.0 Å². The van der Waals surface area contributed by atoms with Gasteiger partial charge in [-0.25, -0.2) is 0 Å². The Balaban J connectivity index is 2.70. The van der Waals surface area contributed by atoms with Crippen LogP contribution in [0.4, 0.5) is 5.69 Å². The Hall–Kier alpha value is -1.55. The Bertz CT molecular complexity index is 429. The second-order valence-corrected chi connectivity index (χ2v) is 5.73. The van der Waals surface area contributed by atoms with E-state index in [4.69, 9.17) is 0 Å². The summed E-state index contributed by atoms with van der Waals surface area (Å²) in [6, 6.07) is 8.01. The molecule has 112 valence electrons. The first-order valence-corrected chi connectivity index (χ1v) is 7.17. The summed E-state index contributed by atoms with van der Waals surface area (Å²) in [5.41, 5.74) is 1.65. The van der Waals surface area contributed by atoms with E-state index < -0.39 is 0 Å². The number of nitrogens with one attached hydrogen (secondary N) is 1. The fourth-order valence-corrected chi connectivity index (χ4v) is 2.04. The summed E-state index contributed by atoms with van der Waals surface area (Å²) in [5, 5.41) is 3.33. The SMILES string of the molecule is CC(C)Nc1ccccc1C(=O)N(C)CCCN(C)C. The van der Waals surface area contributed by atoms with Gasteiger partial charge in [-0.15, -0.1) is 0 Å². The Morgan fingerprint density at radius 1 is 1.15 bits per heavy atom. The lowest BCUT2D eigenvalue weighted by Crippen LogP contribution is -2.30. The van der Waals surface area contributed by atoms with E-state index in [1.807, 2.05) is 45.4 Å². The first kappa shape index (κ1) is 16.5. The molecule has 20 heavy (non-hydrogen) atoms. The third-order valence-electron chi connectivity index (χ3n) is 3.05. The minimum absolute atomic E-state index is 0.0764. The van der Waals surface area contributed by atoms with Crippen LogP contribution < -0.4 is 5.32 Å². The highest BCUT2D eigenvalue weighted by molar-refractivity contribution is 5.99. The second kappa shape index (κ2) is 7.90. The summed E-state index contributed by atoms with van der Waals surface area (Å²) in [7, 11) is 5.96. The van der Waals surface area contributed by atoms with E-state index in [2.05, 4.69) is 24.1 Å². The Morgan fingerprint density at radius 2 is 1.80 bits per heavy atom. The van der Waals surface area contributed by atoms with Gasteiger partial charge in [0.15, 0.2) is 0 Å². The molecule has 0 heterocycles. The zero-order valence-corrected chi connectivity index (χ0v) is 13.3. The minimum atomic E-state index is 0.0764. The first-order chi connectivity index (χ1) is 9.41. The van der Waals surface area contributed by atoms with Gasteiger partial charge in [0, 0.05) is 25.3 Å². The fourth-order valence-electron chi connectivity index (χ4n) is 2.04. The molecule has 4 heteroatoms. The number of amides is 1. The Kier molecular flexibility index (Phi) is 6.52. The van der Waals surface area contributed by atoms with Gasteiger partial charge in [0.05, 0.1) is 5.56 Å². The number of carbonyl (C=O) groups is 1. The first-order valence-electron chi connectivity index (χ1n) is 7.17. The molecule has 0 fully saturated rings. The van der Waals surface area contributed by atoms with Gasteiger partial charge in [-0.3, -0.25) is 4.79 Å². The lowest BCUT2D eigenvalue weighted by atomic mass is 10.1.